The molecule has 1 aromatic heterocycles. The summed E-state index contributed by atoms with van der Waals surface area (Å²) in [5, 5.41) is 68.8. The highest BCUT2D eigenvalue weighted by molar-refractivity contribution is 5.88. The second kappa shape index (κ2) is 8.30. The lowest BCUT2D eigenvalue weighted by Gasteiger charge is -2.39. The van der Waals surface area contributed by atoms with Crippen molar-refractivity contribution in [2.75, 3.05) is 6.61 Å². The Labute approximate surface area is 179 Å². The highest BCUT2D eigenvalue weighted by atomic mass is 16.7. The molecule has 3 aromatic rings. The molecule has 1 saturated heterocycles. The van der Waals surface area contributed by atoms with E-state index in [2.05, 4.69) is 0 Å². The minimum atomic E-state index is -1.80. The Hall–Kier alpha value is -3.35. The summed E-state index contributed by atoms with van der Waals surface area (Å²) in [6.45, 7) is -0.706. The fourth-order valence-corrected chi connectivity index (χ4v) is 3.46. The van der Waals surface area contributed by atoms with Crippen LogP contribution in [0.4, 0.5) is 0 Å². The molecule has 11 heteroatoms. The second-order valence-electron chi connectivity index (χ2n) is 7.29. The highest BCUT2D eigenvalue weighted by Crippen LogP contribution is 2.37. The van der Waals surface area contributed by atoms with Crippen molar-refractivity contribution < 1.29 is 49.6 Å². The number of fused-ring (bicyclic) bond motifs is 1. The molecule has 2 aromatic carbocycles. The van der Waals surface area contributed by atoms with Gasteiger partial charge in [0.2, 0.25) is 17.5 Å². The molecular weight excluding hydrogens is 428 g/mol. The van der Waals surface area contributed by atoms with Gasteiger partial charge in [-0.05, 0) is 24.3 Å². The van der Waals surface area contributed by atoms with Crippen LogP contribution in [0.1, 0.15) is 0 Å². The SMILES string of the molecule is O=c1c(O[C@H]2O[C@H](CO)[C@@H](O)[C@@H](O)[C@H]2O)c(-c2ccc(O)cc2)oc2cc(O)cc(O)c12. The number of aliphatic hydroxyl groups excluding tert-OH is 4. The molecule has 0 unspecified atom stereocenters. The minimum absolute atomic E-state index is 0.0661. The molecule has 170 valence electrons. The van der Waals surface area contributed by atoms with E-state index in [1.807, 2.05) is 0 Å². The number of hydrogen-bond acceptors (Lipinski definition) is 11. The van der Waals surface area contributed by atoms with Crippen molar-refractivity contribution in [3.05, 3.63) is 46.6 Å². The molecule has 0 amide bonds. The predicted molar refractivity (Wildman–Crippen MR) is 107 cm³/mol. The lowest BCUT2D eigenvalue weighted by Crippen LogP contribution is -2.60. The molecule has 0 spiro atoms. The van der Waals surface area contributed by atoms with E-state index in [1.54, 1.807) is 0 Å². The maximum atomic E-state index is 13.2. The average molecular weight is 448 g/mol. The number of aliphatic hydroxyl groups is 4. The van der Waals surface area contributed by atoms with Crippen LogP contribution < -0.4 is 10.2 Å². The van der Waals surface area contributed by atoms with E-state index in [-0.39, 0.29) is 33.8 Å². The van der Waals surface area contributed by atoms with Crippen LogP contribution in [-0.2, 0) is 4.74 Å². The largest absolute Gasteiger partial charge is 0.508 e. The third kappa shape index (κ3) is 3.72. The van der Waals surface area contributed by atoms with Crippen molar-refractivity contribution in [1.29, 1.82) is 0 Å². The Morgan fingerprint density at radius 2 is 1.59 bits per heavy atom. The monoisotopic (exact) mass is 448 g/mol. The van der Waals surface area contributed by atoms with Gasteiger partial charge in [-0.3, -0.25) is 4.79 Å². The summed E-state index contributed by atoms with van der Waals surface area (Å²) in [7, 11) is 0. The predicted octanol–water partition coefficient (Wildman–Crippen LogP) is -0.244. The van der Waals surface area contributed by atoms with Gasteiger partial charge in [0.25, 0.3) is 0 Å². The smallest absolute Gasteiger partial charge is 0.239 e. The summed E-state index contributed by atoms with van der Waals surface area (Å²) in [4.78, 5) is 13.2. The zero-order chi connectivity index (χ0) is 23.2. The summed E-state index contributed by atoms with van der Waals surface area (Å²) in [5.41, 5.74) is -0.801. The van der Waals surface area contributed by atoms with Crippen LogP contribution in [0.15, 0.2) is 45.6 Å². The van der Waals surface area contributed by atoms with Crippen LogP contribution in [-0.4, -0.2) is 73.1 Å². The van der Waals surface area contributed by atoms with Crippen molar-refractivity contribution in [2.24, 2.45) is 0 Å². The maximum absolute atomic E-state index is 13.2. The Balaban J connectivity index is 1.89. The molecule has 0 radical (unpaired) electrons. The van der Waals surface area contributed by atoms with Gasteiger partial charge in [-0.2, -0.15) is 0 Å². The molecule has 2 heterocycles. The maximum Gasteiger partial charge on any atom is 0.239 e. The normalized spacial score (nSPS) is 25.7. The Morgan fingerprint density at radius 3 is 2.25 bits per heavy atom. The van der Waals surface area contributed by atoms with E-state index in [4.69, 9.17) is 13.9 Å². The molecule has 4 rings (SSSR count). The Kier molecular flexibility index (Phi) is 5.67. The molecular formula is C21H20O11. The molecule has 5 atom stereocenters. The number of rotatable bonds is 4. The summed E-state index contributed by atoms with van der Waals surface area (Å²) in [6, 6.07) is 7.48. The van der Waals surface area contributed by atoms with Crippen LogP contribution in [0.2, 0.25) is 0 Å². The average Bonchev–Trinajstić information content (AvgIpc) is 2.75. The fourth-order valence-electron chi connectivity index (χ4n) is 3.46. The van der Waals surface area contributed by atoms with Crippen molar-refractivity contribution in [3.63, 3.8) is 0 Å². The highest BCUT2D eigenvalue weighted by Gasteiger charge is 2.45. The van der Waals surface area contributed by atoms with Gasteiger partial charge >= 0.3 is 0 Å². The first-order valence-electron chi connectivity index (χ1n) is 9.50. The summed E-state index contributed by atoms with van der Waals surface area (Å²) in [6.07, 6.45) is -8.16. The van der Waals surface area contributed by atoms with E-state index >= 15 is 0 Å². The molecule has 0 bridgehead atoms. The first kappa shape index (κ1) is 21.9. The number of hydrogen-bond donors (Lipinski definition) is 7. The standard InChI is InChI=1S/C21H20O11/c22-7-13-15(26)17(28)18(29)21(31-13)32-20-16(27)14-11(25)5-10(24)6-12(14)30-19(20)8-1-3-9(23)4-2-8/h1-6,13,15,17-18,21-26,28-29H,7H2/t13-,15-,17-,18-,21-/m1/s1. The molecule has 32 heavy (non-hydrogen) atoms. The van der Waals surface area contributed by atoms with Crippen molar-refractivity contribution in [2.45, 2.75) is 30.7 Å². The van der Waals surface area contributed by atoms with Crippen LogP contribution in [0, 0.1) is 0 Å². The van der Waals surface area contributed by atoms with Gasteiger partial charge in [0.1, 0.15) is 52.6 Å². The summed E-state index contributed by atoms with van der Waals surface area (Å²) >= 11 is 0. The van der Waals surface area contributed by atoms with E-state index in [0.29, 0.717) is 0 Å². The van der Waals surface area contributed by atoms with Gasteiger partial charge in [-0.15, -0.1) is 0 Å². The van der Waals surface area contributed by atoms with E-state index in [1.165, 1.54) is 24.3 Å². The van der Waals surface area contributed by atoms with Crippen molar-refractivity contribution in [1.82, 2.24) is 0 Å². The molecule has 0 aliphatic carbocycles. The lowest BCUT2D eigenvalue weighted by molar-refractivity contribution is -0.277. The zero-order valence-corrected chi connectivity index (χ0v) is 16.3. The van der Waals surface area contributed by atoms with Crippen LogP contribution in [0.3, 0.4) is 0 Å². The van der Waals surface area contributed by atoms with Crippen LogP contribution >= 0.6 is 0 Å². The lowest BCUT2D eigenvalue weighted by atomic mass is 9.99. The first-order valence-corrected chi connectivity index (χ1v) is 9.50. The van der Waals surface area contributed by atoms with Gasteiger partial charge in [0, 0.05) is 17.7 Å². The van der Waals surface area contributed by atoms with Gasteiger partial charge in [-0.1, -0.05) is 0 Å². The topological polar surface area (TPSA) is 190 Å². The third-order valence-electron chi connectivity index (χ3n) is 5.13. The summed E-state index contributed by atoms with van der Waals surface area (Å²) < 4.78 is 16.6. The quantitative estimate of drug-likeness (QED) is 0.279. The number of aromatic hydroxyl groups is 3. The van der Waals surface area contributed by atoms with Crippen LogP contribution in [0.25, 0.3) is 22.3 Å². The zero-order valence-electron chi connectivity index (χ0n) is 16.3. The van der Waals surface area contributed by atoms with Gasteiger partial charge in [0.15, 0.2) is 5.76 Å². The number of ether oxygens (including phenoxy) is 2. The summed E-state index contributed by atoms with van der Waals surface area (Å²) in [5.74, 6) is -1.73. The number of benzene rings is 2. The molecule has 7 N–H and O–H groups in total. The van der Waals surface area contributed by atoms with Crippen molar-refractivity contribution >= 4 is 11.0 Å². The third-order valence-corrected chi connectivity index (χ3v) is 5.13. The fraction of sp³-hybridized carbons (Fsp3) is 0.286. The molecule has 1 aliphatic heterocycles. The second-order valence-corrected chi connectivity index (χ2v) is 7.29. The van der Waals surface area contributed by atoms with E-state index in [9.17, 15) is 40.5 Å². The van der Waals surface area contributed by atoms with Gasteiger partial charge in [-0.25, -0.2) is 0 Å². The number of phenolic OH excluding ortho intramolecular Hbond substituents is 3. The first-order chi connectivity index (χ1) is 15.2. The molecule has 1 fully saturated rings. The Morgan fingerprint density at radius 1 is 0.906 bits per heavy atom. The van der Waals surface area contributed by atoms with E-state index < -0.39 is 54.2 Å². The van der Waals surface area contributed by atoms with Crippen molar-refractivity contribution in [3.8, 4) is 34.3 Å². The number of phenols is 3. The van der Waals surface area contributed by atoms with Crippen LogP contribution in [0.5, 0.6) is 23.0 Å². The van der Waals surface area contributed by atoms with Gasteiger partial charge < -0.3 is 49.6 Å². The van der Waals surface area contributed by atoms with E-state index in [0.717, 1.165) is 12.1 Å². The Bertz CT molecular complexity index is 1190. The molecule has 11 nitrogen and oxygen atoms in total. The minimum Gasteiger partial charge on any atom is -0.508 e. The van der Waals surface area contributed by atoms with Gasteiger partial charge in [0.05, 0.1) is 6.61 Å². The molecule has 0 saturated carbocycles. The molecule has 1 aliphatic rings.